The van der Waals surface area contributed by atoms with Crippen molar-refractivity contribution in [1.29, 1.82) is 0 Å². The van der Waals surface area contributed by atoms with Crippen molar-refractivity contribution in [3.8, 4) is 0 Å². The molecule has 0 aliphatic rings. The first-order valence-corrected chi connectivity index (χ1v) is 4.28. The maximum atomic E-state index is 10.1. The van der Waals surface area contributed by atoms with E-state index in [1.54, 1.807) is 0 Å². The van der Waals surface area contributed by atoms with E-state index in [4.69, 9.17) is 5.11 Å². The summed E-state index contributed by atoms with van der Waals surface area (Å²) in [6, 6.07) is 0. The molecule has 0 rings (SSSR count). The molecule has 126 valence electrons. The van der Waals surface area contributed by atoms with Gasteiger partial charge in [0.2, 0.25) is 0 Å². The van der Waals surface area contributed by atoms with Gasteiger partial charge in [-0.05, 0) is 0 Å². The van der Waals surface area contributed by atoms with Crippen LogP contribution in [-0.2, 0) is 19.4 Å². The fourth-order valence-electron chi connectivity index (χ4n) is 0.875. The lowest BCUT2D eigenvalue weighted by Crippen LogP contribution is -2.68. The molecule has 19 nitrogen and oxygen atoms in total. The number of hydrogen-bond donors (Lipinski definition) is 3. The van der Waals surface area contributed by atoms with Crippen molar-refractivity contribution in [2.24, 2.45) is 0 Å². The lowest BCUT2D eigenvalue weighted by molar-refractivity contribution is -0.935. The van der Waals surface area contributed by atoms with Gasteiger partial charge >= 0.3 is 11.8 Å². The first-order chi connectivity index (χ1) is 9.84. The van der Waals surface area contributed by atoms with Gasteiger partial charge in [-0.25, -0.2) is 9.68 Å². The molecule has 0 saturated heterocycles. The summed E-state index contributed by atoms with van der Waals surface area (Å²) >= 11 is 0. The van der Waals surface area contributed by atoms with Gasteiger partial charge in [0.15, 0.2) is 0 Å². The van der Waals surface area contributed by atoms with Gasteiger partial charge in [0.1, 0.15) is 0 Å². The Morgan fingerprint density at radius 1 is 0.773 bits per heavy atom. The van der Waals surface area contributed by atoms with Crippen molar-refractivity contribution >= 4 is 0 Å². The third-order valence-electron chi connectivity index (χ3n) is 1.58. The highest BCUT2D eigenvalue weighted by atomic mass is 17.1. The summed E-state index contributed by atoms with van der Waals surface area (Å²) in [6.45, 7) is 0. The van der Waals surface area contributed by atoms with Crippen molar-refractivity contribution in [3.05, 3.63) is 40.5 Å². The van der Waals surface area contributed by atoms with Crippen LogP contribution in [0.2, 0.25) is 0 Å². The SMILES string of the molecule is O=[N+]([O-])OC(O)C(O)(O[N+](=O)[O-])C(O)(O[N+](=O)[O-])O[N+](=O)[O-]. The second-order valence-corrected chi connectivity index (χ2v) is 2.90. The van der Waals surface area contributed by atoms with E-state index in [0.717, 1.165) is 0 Å². The van der Waals surface area contributed by atoms with Gasteiger partial charge in [-0.2, -0.15) is 0 Å². The molecule has 0 aliphatic heterocycles. The number of nitrogens with zero attached hydrogens (tertiary/aromatic N) is 4. The fourth-order valence-corrected chi connectivity index (χ4v) is 0.875. The summed E-state index contributed by atoms with van der Waals surface area (Å²) in [7, 11) is 0. The molecule has 0 amide bonds. The van der Waals surface area contributed by atoms with Crippen LogP contribution in [-0.4, -0.2) is 53.7 Å². The van der Waals surface area contributed by atoms with Gasteiger partial charge in [-0.15, -0.1) is 40.5 Å². The van der Waals surface area contributed by atoms with Crippen LogP contribution in [0.3, 0.4) is 0 Å². The third-order valence-corrected chi connectivity index (χ3v) is 1.58. The van der Waals surface area contributed by atoms with Crippen molar-refractivity contribution in [2.45, 2.75) is 18.1 Å². The van der Waals surface area contributed by atoms with Crippen molar-refractivity contribution < 1.29 is 55.0 Å². The van der Waals surface area contributed by atoms with Gasteiger partial charge < -0.3 is 15.3 Å². The molecule has 3 N–H and O–H groups in total. The standard InChI is InChI=1S/C3H4N4O15/c8-1(19-4(11)12)2(9,20-5(13)14)3(10,21-6(15)16)22-7(17)18/h1,8-10H. The van der Waals surface area contributed by atoms with Gasteiger partial charge in [0, 0.05) is 0 Å². The van der Waals surface area contributed by atoms with Crippen molar-refractivity contribution in [3.63, 3.8) is 0 Å². The lowest BCUT2D eigenvalue weighted by atomic mass is 10.2. The van der Waals surface area contributed by atoms with E-state index < -0.39 is 38.4 Å². The minimum Gasteiger partial charge on any atom is -0.364 e. The first kappa shape index (κ1) is 18.7. The van der Waals surface area contributed by atoms with E-state index in [9.17, 15) is 50.7 Å². The van der Waals surface area contributed by atoms with Gasteiger partial charge in [-0.1, -0.05) is 0 Å². The van der Waals surface area contributed by atoms with Crippen LogP contribution in [0, 0.1) is 40.5 Å². The Morgan fingerprint density at radius 3 is 1.41 bits per heavy atom. The Kier molecular flexibility index (Phi) is 5.45. The quantitative estimate of drug-likeness (QED) is 0.198. The molecule has 0 aromatic heterocycles. The van der Waals surface area contributed by atoms with Crippen LogP contribution in [0.25, 0.3) is 0 Å². The zero-order chi connectivity index (χ0) is 17.7. The highest BCUT2D eigenvalue weighted by molar-refractivity contribution is 4.78. The molecule has 0 spiro atoms. The molecule has 2 unspecified atom stereocenters. The molecule has 0 heterocycles. The Bertz CT molecular complexity index is 459. The molecule has 0 aliphatic carbocycles. The van der Waals surface area contributed by atoms with Crippen LogP contribution in [0.5, 0.6) is 0 Å². The highest BCUT2D eigenvalue weighted by Crippen LogP contribution is 2.31. The Morgan fingerprint density at radius 2 is 1.14 bits per heavy atom. The minimum atomic E-state index is -4.75. The third kappa shape index (κ3) is 4.36. The van der Waals surface area contributed by atoms with Crippen LogP contribution >= 0.6 is 0 Å². The zero-order valence-electron chi connectivity index (χ0n) is 9.61. The summed E-state index contributed by atoms with van der Waals surface area (Å²) in [5, 5.41) is 60.0. The summed E-state index contributed by atoms with van der Waals surface area (Å²) in [6.07, 6.45) is -3.63. The molecule has 22 heavy (non-hydrogen) atoms. The Labute approximate surface area is 115 Å². The van der Waals surface area contributed by atoms with E-state index >= 15 is 0 Å². The van der Waals surface area contributed by atoms with E-state index in [1.165, 1.54) is 0 Å². The molecule has 0 radical (unpaired) electrons. The monoisotopic (exact) mass is 336 g/mol. The lowest BCUT2D eigenvalue weighted by Gasteiger charge is -2.37. The second-order valence-electron chi connectivity index (χ2n) is 2.90. The van der Waals surface area contributed by atoms with Gasteiger partial charge in [0.25, 0.3) is 26.6 Å². The molecule has 0 aromatic carbocycles. The molecular formula is C3H4N4O15. The molecule has 0 aromatic rings. The summed E-state index contributed by atoms with van der Waals surface area (Å²) in [5.74, 6) is -9.40. The number of rotatable bonds is 10. The second kappa shape index (κ2) is 6.42. The fraction of sp³-hybridized carbons (Fsp3) is 1.00. The van der Waals surface area contributed by atoms with Crippen LogP contribution in [0.4, 0.5) is 0 Å². The topological polar surface area (TPSA) is 270 Å². The van der Waals surface area contributed by atoms with E-state index in [0.29, 0.717) is 0 Å². The van der Waals surface area contributed by atoms with E-state index in [2.05, 4.69) is 19.4 Å². The molecule has 19 heteroatoms. The zero-order valence-corrected chi connectivity index (χ0v) is 9.61. The molecular weight excluding hydrogens is 332 g/mol. The molecule has 0 fully saturated rings. The average Bonchev–Trinajstić information content (AvgIpc) is 2.23. The predicted octanol–water partition coefficient (Wildman–Crippen LogP) is -3.53. The highest BCUT2D eigenvalue weighted by Gasteiger charge is 2.67. The van der Waals surface area contributed by atoms with E-state index in [1.807, 2.05) is 0 Å². The smallest absolute Gasteiger partial charge is 0.364 e. The predicted molar refractivity (Wildman–Crippen MR) is 48.2 cm³/mol. The first-order valence-electron chi connectivity index (χ1n) is 4.28. The van der Waals surface area contributed by atoms with Gasteiger partial charge in [-0.3, -0.25) is 9.68 Å². The van der Waals surface area contributed by atoms with Crippen molar-refractivity contribution in [2.75, 3.05) is 0 Å². The average molecular weight is 336 g/mol. The van der Waals surface area contributed by atoms with Crippen LogP contribution in [0.15, 0.2) is 0 Å². The summed E-state index contributed by atoms with van der Waals surface area (Å²) in [5.41, 5.74) is 0. The normalized spacial score (nSPS) is 14.9. The Hall–Kier alpha value is -3.32. The maximum absolute atomic E-state index is 10.1. The van der Waals surface area contributed by atoms with Gasteiger partial charge in [0.05, 0.1) is 0 Å². The van der Waals surface area contributed by atoms with E-state index in [-0.39, 0.29) is 0 Å². The molecule has 0 bridgehead atoms. The summed E-state index contributed by atoms with van der Waals surface area (Å²) in [4.78, 5) is 52.8. The maximum Gasteiger partial charge on any atom is 0.422 e. The van der Waals surface area contributed by atoms with Crippen LogP contribution in [0.1, 0.15) is 0 Å². The van der Waals surface area contributed by atoms with Crippen molar-refractivity contribution in [1.82, 2.24) is 0 Å². The molecule has 2 atom stereocenters. The molecule has 0 saturated carbocycles. The summed E-state index contributed by atoms with van der Waals surface area (Å²) < 4.78 is 0. The Balaban J connectivity index is 5.92. The minimum absolute atomic E-state index is 1.91. The number of hydrogen-bond acceptors (Lipinski definition) is 15. The number of aliphatic hydroxyl groups is 3. The van der Waals surface area contributed by atoms with Crippen LogP contribution < -0.4 is 0 Å². The largest absolute Gasteiger partial charge is 0.422 e. The number of aliphatic hydroxyl groups excluding tert-OH is 1.